The maximum Gasteiger partial charge on any atom is 0.237 e. The summed E-state index contributed by atoms with van der Waals surface area (Å²) >= 11 is 1.38. The Hall–Kier alpha value is -3.65. The van der Waals surface area contributed by atoms with Gasteiger partial charge in [0.1, 0.15) is 16.7 Å². The molecule has 1 amide bonds. The predicted octanol–water partition coefficient (Wildman–Crippen LogP) is 5.67. The number of nitrogens with zero attached hydrogens (tertiary/aromatic N) is 3. The number of rotatable bonds is 9. The van der Waals surface area contributed by atoms with Crippen LogP contribution in [0.1, 0.15) is 18.3 Å². The summed E-state index contributed by atoms with van der Waals surface area (Å²) in [7, 11) is 3.14. The molecule has 180 valence electrons. The number of ether oxygens (including phenoxy) is 2. The fraction of sp³-hybridized carbons (Fsp3) is 0.222. The molecule has 0 atom stereocenters. The van der Waals surface area contributed by atoms with E-state index < -0.39 is 0 Å². The second-order valence-corrected chi connectivity index (χ2v) is 8.71. The van der Waals surface area contributed by atoms with Crippen molar-refractivity contribution in [1.82, 2.24) is 9.97 Å². The van der Waals surface area contributed by atoms with Gasteiger partial charge in [-0.3, -0.25) is 4.79 Å². The number of fused-ring (bicyclic) bond motifs is 1. The molecule has 35 heavy (non-hydrogen) atoms. The van der Waals surface area contributed by atoms with Crippen LogP contribution in [0.2, 0.25) is 0 Å². The van der Waals surface area contributed by atoms with E-state index in [1.54, 1.807) is 37.3 Å². The molecular weight excluding hydrogens is 465 g/mol. The maximum atomic E-state index is 13.6. The molecule has 0 fully saturated rings. The summed E-state index contributed by atoms with van der Waals surface area (Å²) in [6, 6.07) is 19.2. The van der Waals surface area contributed by atoms with Crippen molar-refractivity contribution in [2.24, 2.45) is 0 Å². The van der Waals surface area contributed by atoms with Gasteiger partial charge in [-0.05, 0) is 48.0 Å². The second-order valence-electron chi connectivity index (χ2n) is 7.75. The maximum absolute atomic E-state index is 13.6. The molecule has 3 aromatic carbocycles. The predicted molar refractivity (Wildman–Crippen MR) is 137 cm³/mol. The number of benzene rings is 3. The van der Waals surface area contributed by atoms with Crippen molar-refractivity contribution in [1.29, 1.82) is 0 Å². The molecule has 0 N–H and O–H groups in total. The highest BCUT2D eigenvalue weighted by molar-refractivity contribution is 8.00. The topological polar surface area (TPSA) is 64.6 Å². The van der Waals surface area contributed by atoms with Crippen molar-refractivity contribution in [3.63, 3.8) is 0 Å². The number of hydrogen-bond donors (Lipinski definition) is 0. The average molecular weight is 492 g/mol. The van der Waals surface area contributed by atoms with Crippen molar-refractivity contribution >= 4 is 34.3 Å². The van der Waals surface area contributed by atoms with Crippen molar-refractivity contribution in [2.45, 2.75) is 24.9 Å². The number of aryl methyl sites for hydroxylation is 1. The zero-order valence-electron chi connectivity index (χ0n) is 19.8. The van der Waals surface area contributed by atoms with Gasteiger partial charge >= 0.3 is 0 Å². The summed E-state index contributed by atoms with van der Waals surface area (Å²) in [6.45, 7) is 2.29. The van der Waals surface area contributed by atoms with Gasteiger partial charge in [0.2, 0.25) is 5.91 Å². The minimum atomic E-state index is -0.360. The lowest BCUT2D eigenvalue weighted by Crippen LogP contribution is -2.32. The zero-order valence-corrected chi connectivity index (χ0v) is 20.6. The largest absolute Gasteiger partial charge is 0.493 e. The molecule has 0 aliphatic rings. The van der Waals surface area contributed by atoms with Crippen LogP contribution < -0.4 is 14.4 Å². The van der Waals surface area contributed by atoms with Crippen LogP contribution in [0.5, 0.6) is 11.5 Å². The van der Waals surface area contributed by atoms with Gasteiger partial charge in [0.15, 0.2) is 11.5 Å². The molecule has 0 radical (unpaired) electrons. The Balaban J connectivity index is 1.61. The van der Waals surface area contributed by atoms with E-state index >= 15 is 0 Å². The van der Waals surface area contributed by atoms with Crippen LogP contribution in [-0.2, 0) is 17.8 Å². The van der Waals surface area contributed by atoms with Crippen LogP contribution in [0.4, 0.5) is 10.1 Å². The molecule has 4 aromatic rings. The Kier molecular flexibility index (Phi) is 7.82. The number of carbonyl (C=O) groups is 1. The van der Waals surface area contributed by atoms with Crippen LogP contribution >= 0.6 is 11.8 Å². The van der Waals surface area contributed by atoms with Gasteiger partial charge in [0.25, 0.3) is 0 Å². The Bertz CT molecular complexity index is 1330. The number of halogens is 1. The standard InChI is InChI=1S/C27H26FN3O3S/c1-4-25-29-22-8-6-5-7-21(22)27(30-25)35-17-26(32)31(20-12-10-19(28)11-13-20)16-18-9-14-23(33-2)24(15-18)34-3/h5-15H,4,16-17H2,1-3H3. The third-order valence-electron chi connectivity index (χ3n) is 5.49. The van der Waals surface area contributed by atoms with Gasteiger partial charge in [-0.1, -0.05) is 43.0 Å². The van der Waals surface area contributed by atoms with Gasteiger partial charge in [-0.2, -0.15) is 0 Å². The smallest absolute Gasteiger partial charge is 0.237 e. The van der Waals surface area contributed by atoms with Crippen molar-refractivity contribution < 1.29 is 18.7 Å². The van der Waals surface area contributed by atoms with E-state index in [1.807, 2.05) is 43.3 Å². The summed E-state index contributed by atoms with van der Waals surface area (Å²) < 4.78 is 24.3. The first-order valence-electron chi connectivity index (χ1n) is 11.2. The zero-order chi connectivity index (χ0) is 24.8. The lowest BCUT2D eigenvalue weighted by molar-refractivity contribution is -0.116. The normalized spacial score (nSPS) is 10.9. The summed E-state index contributed by atoms with van der Waals surface area (Å²) in [5, 5.41) is 1.68. The Labute approximate surface area is 208 Å². The monoisotopic (exact) mass is 491 g/mol. The highest BCUT2D eigenvalue weighted by atomic mass is 32.2. The van der Waals surface area contributed by atoms with E-state index in [2.05, 4.69) is 9.97 Å². The van der Waals surface area contributed by atoms with E-state index in [0.717, 1.165) is 27.3 Å². The molecular formula is C27H26FN3O3S. The van der Waals surface area contributed by atoms with E-state index in [4.69, 9.17) is 9.47 Å². The van der Waals surface area contributed by atoms with Gasteiger partial charge in [0, 0.05) is 17.5 Å². The quantitative estimate of drug-likeness (QED) is 0.222. The fourth-order valence-corrected chi connectivity index (χ4v) is 4.59. The summed E-state index contributed by atoms with van der Waals surface area (Å²) in [5.41, 5.74) is 2.31. The van der Waals surface area contributed by atoms with Crippen LogP contribution in [-0.4, -0.2) is 35.8 Å². The number of aromatic nitrogens is 2. The lowest BCUT2D eigenvalue weighted by Gasteiger charge is -2.23. The first kappa shape index (κ1) is 24.5. The lowest BCUT2D eigenvalue weighted by atomic mass is 10.1. The Morgan fingerprint density at radius 1 is 0.971 bits per heavy atom. The average Bonchev–Trinajstić information content (AvgIpc) is 2.90. The van der Waals surface area contributed by atoms with Gasteiger partial charge < -0.3 is 14.4 Å². The number of amides is 1. The Morgan fingerprint density at radius 2 is 1.71 bits per heavy atom. The van der Waals surface area contributed by atoms with Crippen LogP contribution in [0.3, 0.4) is 0 Å². The molecule has 0 saturated heterocycles. The van der Waals surface area contributed by atoms with Gasteiger partial charge in [-0.15, -0.1) is 0 Å². The molecule has 6 nitrogen and oxygen atoms in total. The van der Waals surface area contributed by atoms with Crippen LogP contribution in [0.15, 0.2) is 71.8 Å². The molecule has 8 heteroatoms. The molecule has 0 aliphatic carbocycles. The van der Waals surface area contributed by atoms with Crippen molar-refractivity contribution in [2.75, 3.05) is 24.9 Å². The van der Waals surface area contributed by atoms with Crippen molar-refractivity contribution in [3.8, 4) is 11.5 Å². The third-order valence-corrected chi connectivity index (χ3v) is 6.47. The SMILES string of the molecule is CCc1nc(SCC(=O)N(Cc2ccc(OC)c(OC)c2)c2ccc(F)cc2)c2ccccc2n1. The molecule has 4 rings (SSSR count). The summed E-state index contributed by atoms with van der Waals surface area (Å²) in [5.74, 6) is 1.59. The molecule has 0 spiro atoms. The van der Waals surface area contributed by atoms with Gasteiger partial charge in [-0.25, -0.2) is 14.4 Å². The summed E-state index contributed by atoms with van der Waals surface area (Å²) in [4.78, 5) is 24.4. The second kappa shape index (κ2) is 11.2. The molecule has 0 saturated carbocycles. The fourth-order valence-electron chi connectivity index (χ4n) is 3.68. The first-order valence-corrected chi connectivity index (χ1v) is 12.2. The number of thioether (sulfide) groups is 1. The van der Waals surface area contributed by atoms with E-state index in [0.29, 0.717) is 23.6 Å². The van der Waals surface area contributed by atoms with E-state index in [-0.39, 0.29) is 24.0 Å². The molecule has 1 aromatic heterocycles. The molecule has 0 bridgehead atoms. The molecule has 1 heterocycles. The number of carbonyl (C=O) groups excluding carboxylic acids is 1. The van der Waals surface area contributed by atoms with Crippen LogP contribution in [0, 0.1) is 5.82 Å². The number of hydrogen-bond acceptors (Lipinski definition) is 6. The first-order chi connectivity index (χ1) is 17.0. The van der Waals surface area contributed by atoms with Crippen molar-refractivity contribution in [3.05, 3.63) is 83.9 Å². The minimum Gasteiger partial charge on any atom is -0.493 e. The third kappa shape index (κ3) is 5.71. The highest BCUT2D eigenvalue weighted by Gasteiger charge is 2.19. The Morgan fingerprint density at radius 3 is 2.43 bits per heavy atom. The highest BCUT2D eigenvalue weighted by Crippen LogP contribution is 2.30. The van der Waals surface area contributed by atoms with E-state index in [1.165, 1.54) is 23.9 Å². The molecule has 0 unspecified atom stereocenters. The minimum absolute atomic E-state index is 0.128. The molecule has 0 aliphatic heterocycles. The number of anilines is 1. The number of para-hydroxylation sites is 1. The van der Waals surface area contributed by atoms with E-state index in [9.17, 15) is 9.18 Å². The van der Waals surface area contributed by atoms with Gasteiger partial charge in [0.05, 0.1) is 32.0 Å². The van der Waals surface area contributed by atoms with Crippen LogP contribution in [0.25, 0.3) is 10.9 Å². The number of methoxy groups -OCH3 is 2. The summed E-state index contributed by atoms with van der Waals surface area (Å²) in [6.07, 6.45) is 0.702.